The van der Waals surface area contributed by atoms with Crippen LogP contribution in [0.15, 0.2) is 18.2 Å². The molecule has 0 radical (unpaired) electrons. The van der Waals surface area contributed by atoms with Crippen LogP contribution < -0.4 is 10.6 Å². The first-order valence-corrected chi connectivity index (χ1v) is 8.34. The van der Waals surface area contributed by atoms with E-state index in [4.69, 9.17) is 23.2 Å². The number of amides is 1. The van der Waals surface area contributed by atoms with E-state index in [1.807, 2.05) is 6.92 Å². The number of anilines is 1. The molecule has 0 unspecified atom stereocenters. The van der Waals surface area contributed by atoms with Gasteiger partial charge in [-0.3, -0.25) is 4.79 Å². The fraction of sp³-hybridized carbons (Fsp3) is 0.562. The quantitative estimate of drug-likeness (QED) is 0.791. The van der Waals surface area contributed by atoms with E-state index in [1.165, 1.54) is 25.7 Å². The van der Waals surface area contributed by atoms with E-state index in [-0.39, 0.29) is 11.9 Å². The molecule has 1 aliphatic carbocycles. The van der Waals surface area contributed by atoms with Crippen LogP contribution >= 0.6 is 23.2 Å². The van der Waals surface area contributed by atoms with Crippen LogP contribution in [0.25, 0.3) is 0 Å². The van der Waals surface area contributed by atoms with Gasteiger partial charge in [0.15, 0.2) is 0 Å². The molecule has 0 aromatic heterocycles. The summed E-state index contributed by atoms with van der Waals surface area (Å²) in [6.07, 6.45) is 7.40. The monoisotopic (exact) mass is 328 g/mol. The number of hydrogen-bond acceptors (Lipinski definition) is 2. The Kier molecular flexibility index (Phi) is 6.34. The maximum atomic E-state index is 12.2. The molecule has 0 saturated heterocycles. The fourth-order valence-corrected chi connectivity index (χ4v) is 3.16. The third-order valence-corrected chi connectivity index (χ3v) is 4.47. The van der Waals surface area contributed by atoms with Gasteiger partial charge in [-0.2, -0.15) is 0 Å². The summed E-state index contributed by atoms with van der Waals surface area (Å²) >= 11 is 11.9. The minimum Gasteiger partial charge on any atom is -0.323 e. The first-order chi connectivity index (χ1) is 10.1. The average molecular weight is 329 g/mol. The van der Waals surface area contributed by atoms with Crippen molar-refractivity contribution in [3.05, 3.63) is 28.2 Å². The van der Waals surface area contributed by atoms with E-state index in [0.29, 0.717) is 21.8 Å². The summed E-state index contributed by atoms with van der Waals surface area (Å²) in [5.41, 5.74) is 0.598. The highest BCUT2D eigenvalue weighted by Gasteiger charge is 2.19. The van der Waals surface area contributed by atoms with Crippen molar-refractivity contribution in [3.8, 4) is 0 Å². The number of benzene rings is 1. The number of carbonyl (C=O) groups excluding carboxylic acids is 1. The average Bonchev–Trinajstić information content (AvgIpc) is 2.70. The van der Waals surface area contributed by atoms with E-state index in [0.717, 1.165) is 12.8 Å². The van der Waals surface area contributed by atoms with Crippen molar-refractivity contribution in [1.82, 2.24) is 5.32 Å². The summed E-state index contributed by atoms with van der Waals surface area (Å²) in [6, 6.07) is 5.27. The van der Waals surface area contributed by atoms with Gasteiger partial charge in [0.05, 0.1) is 16.8 Å². The van der Waals surface area contributed by atoms with Crippen LogP contribution in [0.5, 0.6) is 0 Å². The smallest absolute Gasteiger partial charge is 0.241 e. The molecule has 1 amide bonds. The van der Waals surface area contributed by atoms with Crippen LogP contribution in [-0.2, 0) is 4.79 Å². The van der Waals surface area contributed by atoms with Gasteiger partial charge in [0.2, 0.25) is 5.91 Å². The van der Waals surface area contributed by atoms with E-state index in [2.05, 4.69) is 10.6 Å². The van der Waals surface area contributed by atoms with Crippen molar-refractivity contribution in [2.75, 3.05) is 5.32 Å². The molecule has 2 N–H and O–H groups in total. The maximum absolute atomic E-state index is 12.2. The second kappa shape index (κ2) is 8.02. The maximum Gasteiger partial charge on any atom is 0.241 e. The van der Waals surface area contributed by atoms with E-state index in [1.54, 1.807) is 18.2 Å². The van der Waals surface area contributed by atoms with E-state index in [9.17, 15) is 4.79 Å². The zero-order valence-corrected chi connectivity index (χ0v) is 13.8. The zero-order chi connectivity index (χ0) is 15.2. The normalized spacial score (nSPS) is 18.0. The molecule has 116 valence electrons. The number of carbonyl (C=O) groups is 1. The van der Waals surface area contributed by atoms with Crippen molar-refractivity contribution in [2.24, 2.45) is 0 Å². The van der Waals surface area contributed by atoms with Gasteiger partial charge in [-0.15, -0.1) is 0 Å². The molecule has 1 fully saturated rings. The lowest BCUT2D eigenvalue weighted by atomic mass is 10.1. The van der Waals surface area contributed by atoms with Crippen LogP contribution in [0.1, 0.15) is 45.4 Å². The van der Waals surface area contributed by atoms with Gasteiger partial charge in [-0.25, -0.2) is 0 Å². The number of rotatable bonds is 4. The van der Waals surface area contributed by atoms with Crippen molar-refractivity contribution >= 4 is 34.8 Å². The third-order valence-electron chi connectivity index (χ3n) is 3.92. The van der Waals surface area contributed by atoms with Gasteiger partial charge in [-0.1, -0.05) is 48.9 Å². The number of halogens is 2. The largest absolute Gasteiger partial charge is 0.323 e. The van der Waals surface area contributed by atoms with Gasteiger partial charge >= 0.3 is 0 Å². The molecule has 1 aromatic carbocycles. The molecular formula is C16H22Cl2N2O. The van der Waals surface area contributed by atoms with Crippen molar-refractivity contribution in [2.45, 2.75) is 57.5 Å². The van der Waals surface area contributed by atoms with E-state index < -0.39 is 0 Å². The third kappa shape index (κ3) is 5.17. The first-order valence-electron chi connectivity index (χ1n) is 7.58. The van der Waals surface area contributed by atoms with Gasteiger partial charge < -0.3 is 10.6 Å². The lowest BCUT2D eigenvalue weighted by molar-refractivity contribution is -0.118. The molecule has 1 aliphatic rings. The van der Waals surface area contributed by atoms with Crippen LogP contribution in [0, 0.1) is 0 Å². The minimum atomic E-state index is -0.236. The second-order valence-electron chi connectivity index (χ2n) is 5.69. The zero-order valence-electron chi connectivity index (χ0n) is 12.3. The summed E-state index contributed by atoms with van der Waals surface area (Å²) in [7, 11) is 0. The molecule has 3 nitrogen and oxygen atoms in total. The minimum absolute atomic E-state index is 0.0662. The lowest BCUT2D eigenvalue weighted by Crippen LogP contribution is -2.43. The Morgan fingerprint density at radius 3 is 2.48 bits per heavy atom. The van der Waals surface area contributed by atoms with Crippen LogP contribution in [-0.4, -0.2) is 18.0 Å². The second-order valence-corrected chi connectivity index (χ2v) is 6.53. The summed E-state index contributed by atoms with van der Waals surface area (Å²) in [4.78, 5) is 12.2. The van der Waals surface area contributed by atoms with Gasteiger partial charge in [0, 0.05) is 11.1 Å². The first kappa shape index (κ1) is 16.6. The molecule has 1 saturated carbocycles. The topological polar surface area (TPSA) is 41.1 Å². The van der Waals surface area contributed by atoms with Crippen molar-refractivity contribution in [1.29, 1.82) is 0 Å². The molecule has 0 heterocycles. The predicted octanol–water partition coefficient (Wildman–Crippen LogP) is 4.63. The highest BCUT2D eigenvalue weighted by molar-refractivity contribution is 6.36. The fourth-order valence-electron chi connectivity index (χ4n) is 2.71. The number of hydrogen-bond donors (Lipinski definition) is 2. The van der Waals surface area contributed by atoms with Crippen molar-refractivity contribution in [3.63, 3.8) is 0 Å². The summed E-state index contributed by atoms with van der Waals surface area (Å²) in [5.74, 6) is -0.0662. The highest BCUT2D eigenvalue weighted by atomic mass is 35.5. The highest BCUT2D eigenvalue weighted by Crippen LogP contribution is 2.25. The predicted molar refractivity (Wildman–Crippen MR) is 89.2 cm³/mol. The number of nitrogens with one attached hydrogen (secondary N) is 2. The summed E-state index contributed by atoms with van der Waals surface area (Å²) < 4.78 is 0. The van der Waals surface area contributed by atoms with E-state index >= 15 is 0 Å². The Morgan fingerprint density at radius 1 is 1.19 bits per heavy atom. The van der Waals surface area contributed by atoms with Gasteiger partial charge in [0.25, 0.3) is 0 Å². The molecule has 21 heavy (non-hydrogen) atoms. The molecule has 2 rings (SSSR count). The van der Waals surface area contributed by atoms with Gasteiger partial charge in [0.1, 0.15) is 0 Å². The Labute approximate surface area is 136 Å². The Hall–Kier alpha value is -0.770. The molecule has 0 bridgehead atoms. The molecule has 5 heteroatoms. The van der Waals surface area contributed by atoms with Crippen molar-refractivity contribution < 1.29 is 4.79 Å². The Morgan fingerprint density at radius 2 is 1.86 bits per heavy atom. The van der Waals surface area contributed by atoms with Crippen LogP contribution in [0.3, 0.4) is 0 Å². The summed E-state index contributed by atoms with van der Waals surface area (Å²) in [5, 5.41) is 7.29. The molecule has 1 atom stereocenters. The molecular weight excluding hydrogens is 307 g/mol. The lowest BCUT2D eigenvalue weighted by Gasteiger charge is -2.21. The van der Waals surface area contributed by atoms with Crippen LogP contribution in [0.2, 0.25) is 10.0 Å². The Bertz CT molecular complexity index is 485. The molecule has 1 aromatic rings. The standard InChI is InChI=1S/C16H22Cl2N2O/c1-11(19-13-6-4-2-3-5-7-13)16(21)20-15-9-8-12(17)10-14(15)18/h8-11,13,19H,2-7H2,1H3,(H,20,21)/t11-/m0/s1. The SMILES string of the molecule is C[C@H](NC1CCCCCC1)C(=O)Nc1ccc(Cl)cc1Cl. The Balaban J connectivity index is 1.89. The van der Waals surface area contributed by atoms with Crippen LogP contribution in [0.4, 0.5) is 5.69 Å². The molecule has 0 spiro atoms. The molecule has 0 aliphatic heterocycles. The summed E-state index contributed by atoms with van der Waals surface area (Å²) in [6.45, 7) is 1.89. The van der Waals surface area contributed by atoms with Gasteiger partial charge in [-0.05, 0) is 38.0 Å².